The van der Waals surface area contributed by atoms with Gasteiger partial charge in [-0.2, -0.15) is 0 Å². The highest BCUT2D eigenvalue weighted by atomic mass is 35.5. The maximum atomic E-state index is 12.3. The highest BCUT2D eigenvalue weighted by Gasteiger charge is 2.43. The van der Waals surface area contributed by atoms with Crippen LogP contribution < -0.4 is 11.1 Å². The van der Waals surface area contributed by atoms with Crippen molar-refractivity contribution in [3.8, 4) is 0 Å². The van der Waals surface area contributed by atoms with Crippen LogP contribution in [0.15, 0.2) is 18.2 Å². The van der Waals surface area contributed by atoms with Crippen molar-refractivity contribution in [1.29, 1.82) is 0 Å². The lowest BCUT2D eigenvalue weighted by molar-refractivity contribution is -0.121. The number of anilines is 2. The smallest absolute Gasteiger partial charge is 0.227 e. The number of carbonyl (C=O) groups is 1. The molecule has 3 rings (SSSR count). The van der Waals surface area contributed by atoms with Crippen molar-refractivity contribution in [2.75, 3.05) is 11.1 Å². The van der Waals surface area contributed by atoms with Gasteiger partial charge in [-0.1, -0.05) is 18.0 Å². The van der Waals surface area contributed by atoms with Gasteiger partial charge in [-0.3, -0.25) is 4.79 Å². The van der Waals surface area contributed by atoms with Crippen molar-refractivity contribution in [3.05, 3.63) is 23.2 Å². The minimum atomic E-state index is 0.108. The summed E-state index contributed by atoms with van der Waals surface area (Å²) >= 11 is 5.92. The molecule has 3 nitrogen and oxygen atoms in total. The molecule has 0 aliphatic heterocycles. The normalized spacial score (nSPS) is 29.5. The first-order valence-corrected chi connectivity index (χ1v) is 6.87. The van der Waals surface area contributed by atoms with Gasteiger partial charge in [0.05, 0.1) is 11.4 Å². The first-order chi connectivity index (χ1) is 8.63. The molecule has 1 aromatic rings. The van der Waals surface area contributed by atoms with Crippen LogP contribution >= 0.6 is 11.6 Å². The molecule has 2 saturated carbocycles. The predicted octanol–water partition coefficient (Wildman–Crippen LogP) is 3.30. The lowest BCUT2D eigenvalue weighted by atomic mass is 9.88. The molecule has 2 aliphatic carbocycles. The quantitative estimate of drug-likeness (QED) is 0.806. The molecule has 0 radical (unpaired) electrons. The van der Waals surface area contributed by atoms with Crippen molar-refractivity contribution in [2.24, 2.45) is 17.8 Å². The van der Waals surface area contributed by atoms with Crippen LogP contribution in [-0.2, 0) is 4.79 Å². The Kier molecular flexibility index (Phi) is 2.94. The summed E-state index contributed by atoms with van der Waals surface area (Å²) < 4.78 is 0. The topological polar surface area (TPSA) is 55.1 Å². The zero-order valence-corrected chi connectivity index (χ0v) is 10.9. The number of benzene rings is 1. The molecule has 3 N–H and O–H groups in total. The van der Waals surface area contributed by atoms with Crippen molar-refractivity contribution in [1.82, 2.24) is 0 Å². The van der Waals surface area contributed by atoms with E-state index < -0.39 is 0 Å². The minimum absolute atomic E-state index is 0.108. The van der Waals surface area contributed by atoms with Gasteiger partial charge in [0.2, 0.25) is 5.91 Å². The molecular formula is C14H17ClN2O. The highest BCUT2D eigenvalue weighted by molar-refractivity contribution is 6.31. The summed E-state index contributed by atoms with van der Waals surface area (Å²) in [6, 6.07) is 5.16. The van der Waals surface area contributed by atoms with Crippen molar-refractivity contribution in [2.45, 2.75) is 25.7 Å². The largest absolute Gasteiger partial charge is 0.397 e. The maximum absolute atomic E-state index is 12.3. The van der Waals surface area contributed by atoms with Crippen LogP contribution in [0.4, 0.5) is 11.4 Å². The molecule has 1 aromatic carbocycles. The number of amides is 1. The molecule has 1 amide bonds. The van der Waals surface area contributed by atoms with E-state index in [4.69, 9.17) is 17.3 Å². The van der Waals surface area contributed by atoms with Crippen LogP contribution in [-0.4, -0.2) is 5.91 Å². The number of halogens is 1. The number of hydrogen-bond donors (Lipinski definition) is 2. The minimum Gasteiger partial charge on any atom is -0.397 e. The Morgan fingerprint density at radius 2 is 2.17 bits per heavy atom. The van der Waals surface area contributed by atoms with E-state index in [0.29, 0.717) is 22.3 Å². The van der Waals surface area contributed by atoms with Gasteiger partial charge in [-0.25, -0.2) is 0 Å². The lowest BCUT2D eigenvalue weighted by Gasteiger charge is -2.21. The molecule has 3 unspecified atom stereocenters. The second-order valence-corrected chi connectivity index (χ2v) is 5.94. The number of fused-ring (bicyclic) bond motifs is 2. The fourth-order valence-corrected chi connectivity index (χ4v) is 3.60. The van der Waals surface area contributed by atoms with E-state index in [0.717, 1.165) is 12.3 Å². The maximum Gasteiger partial charge on any atom is 0.227 e. The highest BCUT2D eigenvalue weighted by Crippen LogP contribution is 2.48. The summed E-state index contributed by atoms with van der Waals surface area (Å²) in [5.41, 5.74) is 7.04. The van der Waals surface area contributed by atoms with Gasteiger partial charge in [0, 0.05) is 10.9 Å². The number of rotatable bonds is 2. The molecule has 0 spiro atoms. The average molecular weight is 265 g/mol. The number of nitrogen functional groups attached to an aromatic ring is 1. The number of hydrogen-bond acceptors (Lipinski definition) is 2. The first-order valence-electron chi connectivity index (χ1n) is 6.49. The molecule has 4 heteroatoms. The standard InChI is InChI=1S/C14H17ClN2O/c15-10-3-4-12(16)13(7-10)17-14(18)11-6-8-1-2-9(11)5-8/h3-4,7-9,11H,1-2,5-6,16H2,(H,17,18). The molecule has 2 fully saturated rings. The number of nitrogens with one attached hydrogen (secondary N) is 1. The molecule has 2 aliphatic rings. The summed E-state index contributed by atoms with van der Waals surface area (Å²) in [5.74, 6) is 1.62. The van der Waals surface area contributed by atoms with Crippen molar-refractivity contribution >= 4 is 28.9 Å². The average Bonchev–Trinajstić information content (AvgIpc) is 2.96. The molecular weight excluding hydrogens is 248 g/mol. The van der Waals surface area contributed by atoms with Crippen LogP contribution in [0.25, 0.3) is 0 Å². The number of carbonyl (C=O) groups excluding carboxylic acids is 1. The Bertz CT molecular complexity index is 489. The van der Waals surface area contributed by atoms with Gasteiger partial charge in [-0.15, -0.1) is 0 Å². The van der Waals surface area contributed by atoms with Gasteiger partial charge in [-0.05, 0) is 49.3 Å². The van der Waals surface area contributed by atoms with Gasteiger partial charge in [0.1, 0.15) is 0 Å². The zero-order chi connectivity index (χ0) is 12.7. The Labute approximate surface area is 112 Å². The number of nitrogens with two attached hydrogens (primary N) is 1. The first kappa shape index (κ1) is 11.8. The molecule has 18 heavy (non-hydrogen) atoms. The predicted molar refractivity (Wildman–Crippen MR) is 73.4 cm³/mol. The van der Waals surface area contributed by atoms with E-state index in [2.05, 4.69) is 5.32 Å². The zero-order valence-electron chi connectivity index (χ0n) is 10.2. The summed E-state index contributed by atoms with van der Waals surface area (Å²) in [7, 11) is 0. The van der Waals surface area contributed by atoms with Gasteiger partial charge in [0.25, 0.3) is 0 Å². The molecule has 3 atom stereocenters. The summed E-state index contributed by atoms with van der Waals surface area (Å²) in [6.07, 6.45) is 4.77. The Hall–Kier alpha value is -1.22. The van der Waals surface area contributed by atoms with Crippen LogP contribution in [0.5, 0.6) is 0 Å². The SMILES string of the molecule is Nc1ccc(Cl)cc1NC(=O)C1CC2CCC1C2. The lowest BCUT2D eigenvalue weighted by Crippen LogP contribution is -2.27. The Balaban J connectivity index is 1.72. The van der Waals surface area contributed by atoms with Crippen molar-refractivity contribution < 1.29 is 4.79 Å². The third kappa shape index (κ3) is 2.07. The van der Waals surface area contributed by atoms with E-state index >= 15 is 0 Å². The van der Waals surface area contributed by atoms with Gasteiger partial charge >= 0.3 is 0 Å². The van der Waals surface area contributed by atoms with Crippen LogP contribution in [0.2, 0.25) is 5.02 Å². The van der Waals surface area contributed by atoms with Gasteiger partial charge < -0.3 is 11.1 Å². The molecule has 0 saturated heterocycles. The second-order valence-electron chi connectivity index (χ2n) is 5.50. The van der Waals surface area contributed by atoms with Crippen molar-refractivity contribution in [3.63, 3.8) is 0 Å². The monoisotopic (exact) mass is 264 g/mol. The Morgan fingerprint density at radius 3 is 2.83 bits per heavy atom. The van der Waals surface area contributed by atoms with E-state index in [-0.39, 0.29) is 11.8 Å². The fraction of sp³-hybridized carbons (Fsp3) is 0.500. The summed E-state index contributed by atoms with van der Waals surface area (Å²) in [5, 5.41) is 3.52. The third-order valence-corrected chi connectivity index (χ3v) is 4.58. The molecule has 0 aromatic heterocycles. The summed E-state index contributed by atoms with van der Waals surface area (Å²) in [4.78, 5) is 12.3. The van der Waals surface area contributed by atoms with E-state index in [9.17, 15) is 4.79 Å². The van der Waals surface area contributed by atoms with Gasteiger partial charge in [0.15, 0.2) is 0 Å². The fourth-order valence-electron chi connectivity index (χ4n) is 3.43. The second kappa shape index (κ2) is 4.47. The van der Waals surface area contributed by atoms with Crippen LogP contribution in [0.1, 0.15) is 25.7 Å². The Morgan fingerprint density at radius 1 is 1.33 bits per heavy atom. The van der Waals surface area contributed by atoms with E-state index in [1.165, 1.54) is 19.3 Å². The van der Waals surface area contributed by atoms with E-state index in [1.54, 1.807) is 18.2 Å². The molecule has 2 bridgehead atoms. The molecule has 96 valence electrons. The van der Waals surface area contributed by atoms with Crippen LogP contribution in [0, 0.1) is 17.8 Å². The summed E-state index contributed by atoms with van der Waals surface area (Å²) in [6.45, 7) is 0. The van der Waals surface area contributed by atoms with E-state index in [1.807, 2.05) is 0 Å². The van der Waals surface area contributed by atoms with Crippen LogP contribution in [0.3, 0.4) is 0 Å². The third-order valence-electron chi connectivity index (χ3n) is 4.35. The molecule has 0 heterocycles.